The largest absolute Gasteiger partial charge is 0.586 e. The molecule has 0 radical (unpaired) electrons. The number of carbonyl (C=O) groups excluding carboxylic acids is 1. The Balaban J connectivity index is 1.46. The van der Waals surface area contributed by atoms with E-state index in [0.717, 1.165) is 10.1 Å². The minimum Gasteiger partial charge on any atom is -0.395 e. The van der Waals surface area contributed by atoms with Crippen LogP contribution in [0.5, 0.6) is 11.5 Å². The van der Waals surface area contributed by atoms with Crippen LogP contribution < -0.4 is 14.8 Å². The average Bonchev–Trinajstić information content (AvgIpc) is 3.24. The molecule has 130 valence electrons. The van der Waals surface area contributed by atoms with Crippen molar-refractivity contribution in [2.24, 2.45) is 0 Å². The van der Waals surface area contributed by atoms with Gasteiger partial charge in [0.2, 0.25) is 5.95 Å². The lowest BCUT2D eigenvalue weighted by Crippen LogP contribution is -2.25. The monoisotopic (exact) mass is 373 g/mol. The number of hydrogen-bond donors (Lipinski definition) is 2. The van der Waals surface area contributed by atoms with Gasteiger partial charge in [0.05, 0.1) is 16.6 Å². The molecule has 2 N–H and O–H groups in total. The van der Waals surface area contributed by atoms with Crippen molar-refractivity contribution in [2.45, 2.75) is 6.29 Å². The standard InChI is InChI=1S/C17H9F2N3O3S/c18-17(19)24-12-5-10-11(6-13(12)25-17)21-16(20-10)22-15(23)9-7-26-14-4-2-1-3-8(9)14/h1-7H,(H2,20,21,22,23). The molecular weight excluding hydrogens is 364 g/mol. The number of ether oxygens (including phenoxy) is 2. The predicted molar refractivity (Wildman–Crippen MR) is 92.1 cm³/mol. The molecule has 9 heteroatoms. The van der Waals surface area contributed by atoms with Crippen molar-refractivity contribution in [3.8, 4) is 11.5 Å². The third kappa shape index (κ3) is 2.36. The molecule has 4 aromatic rings. The first-order valence-corrected chi connectivity index (χ1v) is 8.44. The summed E-state index contributed by atoms with van der Waals surface area (Å²) in [4.78, 5) is 19.6. The number of halogens is 2. The maximum Gasteiger partial charge on any atom is 0.586 e. The molecule has 0 bridgehead atoms. The van der Waals surface area contributed by atoms with Gasteiger partial charge in [-0.3, -0.25) is 10.1 Å². The highest BCUT2D eigenvalue weighted by Gasteiger charge is 2.43. The number of benzene rings is 2. The number of imidazole rings is 1. The summed E-state index contributed by atoms with van der Waals surface area (Å²) in [6.45, 7) is 0. The van der Waals surface area contributed by atoms with Crippen LogP contribution in [0.2, 0.25) is 0 Å². The zero-order chi connectivity index (χ0) is 17.9. The highest BCUT2D eigenvalue weighted by atomic mass is 32.1. The van der Waals surface area contributed by atoms with Crippen molar-refractivity contribution in [3.63, 3.8) is 0 Å². The number of alkyl halides is 2. The third-order valence-corrected chi connectivity index (χ3v) is 4.93. The fourth-order valence-electron chi connectivity index (χ4n) is 2.84. The van der Waals surface area contributed by atoms with E-state index in [9.17, 15) is 13.6 Å². The van der Waals surface area contributed by atoms with Gasteiger partial charge in [-0.15, -0.1) is 20.1 Å². The Morgan fingerprint density at radius 3 is 2.81 bits per heavy atom. The second-order valence-corrected chi connectivity index (χ2v) is 6.58. The van der Waals surface area contributed by atoms with E-state index >= 15 is 0 Å². The van der Waals surface area contributed by atoms with E-state index in [0.29, 0.717) is 16.6 Å². The minimum absolute atomic E-state index is 0.0899. The van der Waals surface area contributed by atoms with Crippen LogP contribution in [0.3, 0.4) is 0 Å². The number of nitrogens with zero attached hydrogens (tertiary/aromatic N) is 1. The summed E-state index contributed by atoms with van der Waals surface area (Å²) in [6, 6.07) is 10.3. The molecular formula is C17H9F2N3O3S. The van der Waals surface area contributed by atoms with Crippen molar-refractivity contribution < 1.29 is 23.0 Å². The van der Waals surface area contributed by atoms with Gasteiger partial charge in [-0.1, -0.05) is 18.2 Å². The van der Waals surface area contributed by atoms with Crippen molar-refractivity contribution in [1.82, 2.24) is 9.97 Å². The summed E-state index contributed by atoms with van der Waals surface area (Å²) in [5, 5.41) is 5.32. The van der Waals surface area contributed by atoms with Crippen molar-refractivity contribution in [3.05, 3.63) is 47.3 Å². The Labute approximate surface area is 148 Å². The quantitative estimate of drug-likeness (QED) is 0.548. The van der Waals surface area contributed by atoms with E-state index in [2.05, 4.69) is 24.8 Å². The van der Waals surface area contributed by atoms with Crippen LogP contribution in [0.15, 0.2) is 41.8 Å². The number of aromatic amines is 1. The predicted octanol–water partition coefficient (Wildman–Crippen LogP) is 4.35. The lowest BCUT2D eigenvalue weighted by molar-refractivity contribution is -0.286. The number of fused-ring (bicyclic) bond motifs is 3. The summed E-state index contributed by atoms with van der Waals surface area (Å²) >= 11 is 1.48. The third-order valence-electron chi connectivity index (χ3n) is 3.96. The molecule has 26 heavy (non-hydrogen) atoms. The molecule has 2 aromatic heterocycles. The molecule has 0 spiro atoms. The zero-order valence-electron chi connectivity index (χ0n) is 12.9. The van der Waals surface area contributed by atoms with Crippen LogP contribution in [-0.2, 0) is 0 Å². The second-order valence-electron chi connectivity index (χ2n) is 5.67. The normalized spacial score (nSPS) is 14.8. The van der Waals surface area contributed by atoms with E-state index in [-0.39, 0.29) is 23.4 Å². The average molecular weight is 373 g/mol. The summed E-state index contributed by atoms with van der Waals surface area (Å²) in [5.41, 5.74) is 1.35. The molecule has 1 aliphatic rings. The van der Waals surface area contributed by atoms with E-state index < -0.39 is 6.29 Å². The van der Waals surface area contributed by atoms with Crippen LogP contribution >= 0.6 is 11.3 Å². The van der Waals surface area contributed by atoms with Crippen molar-refractivity contribution in [2.75, 3.05) is 5.32 Å². The Bertz CT molecular complexity index is 1140. The number of amides is 1. The first-order valence-electron chi connectivity index (χ1n) is 7.56. The first kappa shape index (κ1) is 15.1. The van der Waals surface area contributed by atoms with Crippen LogP contribution in [-0.4, -0.2) is 22.2 Å². The van der Waals surface area contributed by atoms with Gasteiger partial charge in [0, 0.05) is 27.6 Å². The van der Waals surface area contributed by atoms with Gasteiger partial charge in [0.1, 0.15) is 0 Å². The summed E-state index contributed by atoms with van der Waals surface area (Å²) in [7, 11) is 0. The maximum atomic E-state index is 13.1. The van der Waals surface area contributed by atoms with Gasteiger partial charge >= 0.3 is 6.29 Å². The molecule has 0 saturated heterocycles. The van der Waals surface area contributed by atoms with Crippen LogP contribution in [0, 0.1) is 0 Å². The number of carbonyl (C=O) groups is 1. The van der Waals surface area contributed by atoms with Gasteiger partial charge in [0.25, 0.3) is 5.91 Å². The van der Waals surface area contributed by atoms with Gasteiger partial charge < -0.3 is 14.5 Å². The summed E-state index contributed by atoms with van der Waals surface area (Å²) < 4.78 is 36.0. The summed E-state index contributed by atoms with van der Waals surface area (Å²) in [6.07, 6.45) is -3.68. The molecule has 0 unspecified atom stereocenters. The molecule has 2 aromatic carbocycles. The number of rotatable bonds is 2. The van der Waals surface area contributed by atoms with Crippen LogP contribution in [0.25, 0.3) is 21.1 Å². The number of hydrogen-bond acceptors (Lipinski definition) is 5. The van der Waals surface area contributed by atoms with E-state index in [1.165, 1.54) is 23.5 Å². The molecule has 0 saturated carbocycles. The number of anilines is 1. The highest BCUT2D eigenvalue weighted by molar-refractivity contribution is 7.17. The van der Waals surface area contributed by atoms with E-state index in [1.54, 1.807) is 5.38 Å². The molecule has 0 atom stereocenters. The van der Waals surface area contributed by atoms with Gasteiger partial charge in [0.15, 0.2) is 11.5 Å². The molecule has 3 heterocycles. The van der Waals surface area contributed by atoms with Crippen LogP contribution in [0.1, 0.15) is 10.4 Å². The zero-order valence-corrected chi connectivity index (χ0v) is 13.7. The molecule has 0 aliphatic carbocycles. The summed E-state index contributed by atoms with van der Waals surface area (Å²) in [5.74, 6) is -0.299. The number of H-pyrrole nitrogens is 1. The van der Waals surface area contributed by atoms with Gasteiger partial charge in [-0.2, -0.15) is 0 Å². The second kappa shape index (κ2) is 5.15. The van der Waals surface area contributed by atoms with Crippen molar-refractivity contribution >= 4 is 44.3 Å². The first-order chi connectivity index (χ1) is 12.5. The molecule has 5 rings (SSSR count). The lowest BCUT2D eigenvalue weighted by atomic mass is 10.2. The Morgan fingerprint density at radius 2 is 1.96 bits per heavy atom. The Kier molecular flexibility index (Phi) is 2.99. The smallest absolute Gasteiger partial charge is 0.395 e. The molecule has 1 aliphatic heterocycles. The molecule has 6 nitrogen and oxygen atoms in total. The topological polar surface area (TPSA) is 76.2 Å². The number of aromatic nitrogens is 2. The Morgan fingerprint density at radius 1 is 1.19 bits per heavy atom. The number of nitrogens with one attached hydrogen (secondary N) is 2. The fraction of sp³-hybridized carbons (Fsp3) is 0.0588. The fourth-order valence-corrected chi connectivity index (χ4v) is 3.78. The number of thiophene rings is 1. The SMILES string of the molecule is O=C(Nc1nc2cc3c(cc2[nH]1)OC(F)(F)O3)c1csc2ccccc12. The molecule has 1 amide bonds. The lowest BCUT2D eigenvalue weighted by Gasteiger charge is -2.04. The van der Waals surface area contributed by atoms with Gasteiger partial charge in [-0.25, -0.2) is 4.98 Å². The maximum absolute atomic E-state index is 13.1. The minimum atomic E-state index is -3.68. The highest BCUT2D eigenvalue weighted by Crippen LogP contribution is 2.43. The Hall–Kier alpha value is -3.20. The van der Waals surface area contributed by atoms with E-state index in [4.69, 9.17) is 0 Å². The van der Waals surface area contributed by atoms with Crippen LogP contribution in [0.4, 0.5) is 14.7 Å². The van der Waals surface area contributed by atoms with E-state index in [1.807, 2.05) is 24.3 Å². The molecule has 0 fully saturated rings. The van der Waals surface area contributed by atoms with Crippen molar-refractivity contribution in [1.29, 1.82) is 0 Å². The van der Waals surface area contributed by atoms with Gasteiger partial charge in [-0.05, 0) is 6.07 Å².